The Bertz CT molecular complexity index is 1010. The molecule has 8 heteroatoms. The van der Waals surface area contributed by atoms with Crippen LogP contribution in [0.4, 0.5) is 0 Å². The summed E-state index contributed by atoms with van der Waals surface area (Å²) in [4.78, 5) is 12.5. The van der Waals surface area contributed by atoms with E-state index in [1.807, 2.05) is 0 Å². The Hall–Kier alpha value is -2.35. The van der Waals surface area contributed by atoms with Crippen LogP contribution in [0.1, 0.15) is 22.3 Å². The molecule has 6 nitrogen and oxygen atoms in total. The zero-order valence-corrected chi connectivity index (χ0v) is 17.1. The molecule has 0 radical (unpaired) electrons. The summed E-state index contributed by atoms with van der Waals surface area (Å²) in [6, 6.07) is 9.28. The molecule has 0 bridgehead atoms. The fraction of sp³-hybridized carbons (Fsp3) is 0.250. The van der Waals surface area contributed by atoms with Crippen LogP contribution in [0, 0.1) is 0 Å². The van der Waals surface area contributed by atoms with Gasteiger partial charge in [0, 0.05) is 26.1 Å². The molecule has 0 saturated heterocycles. The van der Waals surface area contributed by atoms with Crippen molar-refractivity contribution in [2.45, 2.75) is 11.3 Å². The lowest BCUT2D eigenvalue weighted by molar-refractivity contribution is 0.104. The number of ether oxygens (including phenoxy) is 2. The second-order valence-electron chi connectivity index (χ2n) is 6.39. The summed E-state index contributed by atoms with van der Waals surface area (Å²) in [7, 11) is -0.616. The SMILES string of the molecule is CN(C)S(=O)(=O)c1ccc(C(=O)/C=C/c2cc(Cl)c3c(c2)OCCCO3)cc1. The van der Waals surface area contributed by atoms with E-state index in [9.17, 15) is 13.2 Å². The quantitative estimate of drug-likeness (QED) is 0.544. The molecule has 28 heavy (non-hydrogen) atoms. The molecule has 0 amide bonds. The van der Waals surface area contributed by atoms with Gasteiger partial charge in [0.05, 0.1) is 23.1 Å². The molecular weight excluding hydrogens is 402 g/mol. The fourth-order valence-electron chi connectivity index (χ4n) is 2.62. The highest BCUT2D eigenvalue weighted by Crippen LogP contribution is 2.38. The number of hydrogen-bond donors (Lipinski definition) is 0. The van der Waals surface area contributed by atoms with Crippen LogP contribution < -0.4 is 9.47 Å². The lowest BCUT2D eigenvalue weighted by Crippen LogP contribution is -2.22. The Labute approximate surface area is 169 Å². The van der Waals surface area contributed by atoms with Crippen LogP contribution in [0.5, 0.6) is 11.5 Å². The van der Waals surface area contributed by atoms with Crippen LogP contribution in [0.3, 0.4) is 0 Å². The summed E-state index contributed by atoms with van der Waals surface area (Å²) in [6.07, 6.45) is 3.81. The van der Waals surface area contributed by atoms with Crippen molar-refractivity contribution in [2.24, 2.45) is 0 Å². The Morgan fingerprint density at radius 1 is 1.11 bits per heavy atom. The summed E-state index contributed by atoms with van der Waals surface area (Å²) in [5, 5.41) is 0.421. The molecule has 0 unspecified atom stereocenters. The van der Waals surface area contributed by atoms with Gasteiger partial charge in [0.2, 0.25) is 10.0 Å². The maximum Gasteiger partial charge on any atom is 0.242 e. The van der Waals surface area contributed by atoms with E-state index in [0.717, 1.165) is 10.7 Å². The predicted octanol–water partition coefficient (Wildman–Crippen LogP) is 3.65. The Kier molecular flexibility index (Phi) is 6.07. The highest BCUT2D eigenvalue weighted by Gasteiger charge is 2.17. The third kappa shape index (κ3) is 4.38. The first-order valence-corrected chi connectivity index (χ1v) is 10.4. The maximum absolute atomic E-state index is 12.4. The maximum atomic E-state index is 12.4. The Balaban J connectivity index is 1.79. The molecule has 1 aliphatic rings. The largest absolute Gasteiger partial charge is 0.489 e. The molecular formula is C20H20ClNO5S. The van der Waals surface area contributed by atoms with Gasteiger partial charge in [-0.05, 0) is 48.0 Å². The smallest absolute Gasteiger partial charge is 0.242 e. The first-order chi connectivity index (χ1) is 13.3. The van der Waals surface area contributed by atoms with Gasteiger partial charge in [-0.2, -0.15) is 0 Å². The van der Waals surface area contributed by atoms with Gasteiger partial charge >= 0.3 is 0 Å². The number of ketones is 1. The summed E-state index contributed by atoms with van der Waals surface area (Å²) in [6.45, 7) is 1.08. The summed E-state index contributed by atoms with van der Waals surface area (Å²) in [5.74, 6) is 0.813. The second kappa shape index (κ2) is 8.34. The molecule has 3 rings (SSSR count). The molecule has 0 aliphatic carbocycles. The monoisotopic (exact) mass is 421 g/mol. The minimum Gasteiger partial charge on any atom is -0.489 e. The van der Waals surface area contributed by atoms with Gasteiger partial charge in [0.1, 0.15) is 0 Å². The predicted molar refractivity (Wildman–Crippen MR) is 108 cm³/mol. The summed E-state index contributed by atoms with van der Waals surface area (Å²) >= 11 is 6.25. The van der Waals surface area contributed by atoms with Crippen molar-refractivity contribution in [1.82, 2.24) is 4.31 Å². The van der Waals surface area contributed by atoms with Gasteiger partial charge in [0.25, 0.3) is 0 Å². The van der Waals surface area contributed by atoms with Crippen LogP contribution in [-0.4, -0.2) is 45.8 Å². The van der Waals surface area contributed by atoms with Crippen molar-refractivity contribution in [3.63, 3.8) is 0 Å². The van der Waals surface area contributed by atoms with Gasteiger partial charge in [-0.3, -0.25) is 4.79 Å². The summed E-state index contributed by atoms with van der Waals surface area (Å²) < 4.78 is 36.5. The Morgan fingerprint density at radius 3 is 2.46 bits per heavy atom. The number of benzene rings is 2. The molecule has 2 aromatic rings. The highest BCUT2D eigenvalue weighted by molar-refractivity contribution is 7.89. The molecule has 0 fully saturated rings. The number of carbonyl (C=O) groups excluding carboxylic acids is 1. The van der Waals surface area contributed by atoms with Gasteiger partial charge in [-0.1, -0.05) is 17.7 Å². The van der Waals surface area contributed by atoms with E-state index < -0.39 is 10.0 Å². The molecule has 0 N–H and O–H groups in total. The minimum atomic E-state index is -3.53. The van der Waals surface area contributed by atoms with E-state index in [1.165, 1.54) is 44.4 Å². The van der Waals surface area contributed by atoms with Crippen LogP contribution in [0.25, 0.3) is 6.08 Å². The van der Waals surface area contributed by atoms with Crippen molar-refractivity contribution >= 4 is 33.5 Å². The summed E-state index contributed by atoms with van der Waals surface area (Å²) in [5.41, 5.74) is 1.09. The van der Waals surface area contributed by atoms with E-state index in [1.54, 1.807) is 18.2 Å². The zero-order valence-electron chi connectivity index (χ0n) is 15.5. The number of nitrogens with zero attached hydrogens (tertiary/aromatic N) is 1. The number of hydrogen-bond acceptors (Lipinski definition) is 5. The number of carbonyl (C=O) groups is 1. The van der Waals surface area contributed by atoms with Crippen molar-refractivity contribution in [1.29, 1.82) is 0 Å². The number of allylic oxidation sites excluding steroid dienone is 1. The van der Waals surface area contributed by atoms with Crippen LogP contribution in [0.15, 0.2) is 47.4 Å². The standard InChI is InChI=1S/C20H20ClNO5S/c1-22(2)28(24,25)16-7-5-15(6-8-16)18(23)9-4-14-12-17(21)20-19(13-14)26-10-3-11-27-20/h4-9,12-13H,3,10-11H2,1-2H3/b9-4+. The molecule has 1 aliphatic heterocycles. The fourth-order valence-corrected chi connectivity index (χ4v) is 3.79. The lowest BCUT2D eigenvalue weighted by atomic mass is 10.1. The van der Waals surface area contributed by atoms with Crippen molar-refractivity contribution in [3.05, 3.63) is 58.6 Å². The van der Waals surface area contributed by atoms with Crippen molar-refractivity contribution < 1.29 is 22.7 Å². The number of fused-ring (bicyclic) bond motifs is 1. The second-order valence-corrected chi connectivity index (χ2v) is 8.95. The van der Waals surface area contributed by atoms with E-state index in [-0.39, 0.29) is 10.7 Å². The van der Waals surface area contributed by atoms with Crippen molar-refractivity contribution in [3.8, 4) is 11.5 Å². The first-order valence-electron chi connectivity index (χ1n) is 8.63. The average Bonchev–Trinajstić information content (AvgIpc) is 2.92. The average molecular weight is 422 g/mol. The topological polar surface area (TPSA) is 72.9 Å². The molecule has 0 atom stereocenters. The molecule has 0 saturated carbocycles. The minimum absolute atomic E-state index is 0.132. The molecule has 148 valence electrons. The lowest BCUT2D eigenvalue weighted by Gasteiger charge is -2.11. The van der Waals surface area contributed by atoms with Crippen LogP contribution in [0.2, 0.25) is 5.02 Å². The van der Waals surface area contributed by atoms with Gasteiger partial charge < -0.3 is 9.47 Å². The van der Waals surface area contributed by atoms with Crippen molar-refractivity contribution in [2.75, 3.05) is 27.3 Å². The van der Waals surface area contributed by atoms with E-state index in [0.29, 0.717) is 40.9 Å². The van der Waals surface area contributed by atoms with E-state index in [4.69, 9.17) is 21.1 Å². The molecule has 0 spiro atoms. The Morgan fingerprint density at radius 2 is 1.79 bits per heavy atom. The van der Waals surface area contributed by atoms with Crippen LogP contribution >= 0.6 is 11.6 Å². The normalized spacial score (nSPS) is 14.3. The zero-order chi connectivity index (χ0) is 20.3. The molecule has 1 heterocycles. The van der Waals surface area contributed by atoms with E-state index in [2.05, 4.69) is 0 Å². The first kappa shape index (κ1) is 20.4. The highest BCUT2D eigenvalue weighted by atomic mass is 35.5. The van der Waals surface area contributed by atoms with Crippen LogP contribution in [-0.2, 0) is 10.0 Å². The van der Waals surface area contributed by atoms with Gasteiger partial charge in [-0.25, -0.2) is 12.7 Å². The third-order valence-electron chi connectivity index (χ3n) is 4.17. The van der Waals surface area contributed by atoms with Gasteiger partial charge in [0.15, 0.2) is 17.3 Å². The number of halogens is 1. The third-order valence-corrected chi connectivity index (χ3v) is 6.28. The number of rotatable bonds is 5. The van der Waals surface area contributed by atoms with Gasteiger partial charge in [-0.15, -0.1) is 0 Å². The molecule has 2 aromatic carbocycles. The number of sulfonamides is 1. The van der Waals surface area contributed by atoms with E-state index >= 15 is 0 Å². The molecule has 0 aromatic heterocycles.